The lowest BCUT2D eigenvalue weighted by molar-refractivity contribution is 0.0994. The first-order valence-electron chi connectivity index (χ1n) is 9.56. The van der Waals surface area contributed by atoms with E-state index >= 15 is 0 Å². The molecular weight excluding hydrogens is 399 g/mol. The van der Waals surface area contributed by atoms with Crippen LogP contribution in [0.4, 0.5) is 9.18 Å². The highest BCUT2D eigenvalue weighted by molar-refractivity contribution is 6.00. The third kappa shape index (κ3) is 3.38. The average molecular weight is 418 g/mol. The number of carbonyl (C=O) groups is 2. The maximum atomic E-state index is 13.9. The average Bonchev–Trinajstić information content (AvgIpc) is 3.15. The van der Waals surface area contributed by atoms with E-state index in [9.17, 15) is 14.0 Å². The van der Waals surface area contributed by atoms with Gasteiger partial charge in [0.2, 0.25) is 0 Å². The molecule has 0 radical (unpaired) electrons. The molecular formula is C22H19FN6O2. The van der Waals surface area contributed by atoms with Crippen molar-refractivity contribution in [1.29, 1.82) is 5.26 Å². The van der Waals surface area contributed by atoms with Gasteiger partial charge in [0.1, 0.15) is 17.6 Å². The molecule has 0 saturated heterocycles. The Morgan fingerprint density at radius 3 is 2.48 bits per heavy atom. The molecule has 2 heterocycles. The zero-order chi connectivity index (χ0) is 22.3. The number of nitrogens with two attached hydrogens (primary N) is 2. The van der Waals surface area contributed by atoms with Gasteiger partial charge in [0.05, 0.1) is 28.9 Å². The summed E-state index contributed by atoms with van der Waals surface area (Å²) in [5, 5.41) is 13.7. The Kier molecular flexibility index (Phi) is 4.91. The van der Waals surface area contributed by atoms with E-state index in [1.807, 2.05) is 13.0 Å². The highest BCUT2D eigenvalue weighted by Gasteiger charge is 2.40. The van der Waals surface area contributed by atoms with E-state index in [-0.39, 0.29) is 23.8 Å². The number of nitriles is 1. The van der Waals surface area contributed by atoms with Gasteiger partial charge in [-0.25, -0.2) is 9.18 Å². The summed E-state index contributed by atoms with van der Waals surface area (Å²) in [5.41, 5.74) is 13.6. The van der Waals surface area contributed by atoms with Gasteiger partial charge in [0.25, 0.3) is 5.91 Å². The molecule has 3 aromatic rings. The third-order valence-corrected chi connectivity index (χ3v) is 5.38. The molecule has 2 atom stereocenters. The maximum Gasteiger partial charge on any atom is 0.315 e. The van der Waals surface area contributed by atoms with Crippen LogP contribution in [0.3, 0.4) is 0 Å². The minimum Gasteiger partial charge on any atom is -0.365 e. The van der Waals surface area contributed by atoms with Gasteiger partial charge in [-0.3, -0.25) is 9.48 Å². The van der Waals surface area contributed by atoms with Crippen LogP contribution in [-0.2, 0) is 0 Å². The number of benzene rings is 2. The summed E-state index contributed by atoms with van der Waals surface area (Å²) in [6, 6.07) is 12.7. The van der Waals surface area contributed by atoms with E-state index < -0.39 is 23.8 Å². The van der Waals surface area contributed by atoms with E-state index in [0.717, 1.165) is 0 Å². The minimum atomic E-state index is -0.752. The van der Waals surface area contributed by atoms with Gasteiger partial charge < -0.3 is 16.4 Å². The topological polar surface area (TPSA) is 131 Å². The summed E-state index contributed by atoms with van der Waals surface area (Å²) >= 11 is 0. The number of aromatic nitrogens is 2. The Labute approximate surface area is 177 Å². The van der Waals surface area contributed by atoms with E-state index in [4.69, 9.17) is 16.7 Å². The molecule has 0 saturated carbocycles. The van der Waals surface area contributed by atoms with Crippen molar-refractivity contribution >= 4 is 11.9 Å². The first kappa shape index (κ1) is 20.1. The van der Waals surface area contributed by atoms with E-state index in [1.54, 1.807) is 35.0 Å². The van der Waals surface area contributed by atoms with Crippen LogP contribution in [0.15, 0.2) is 48.5 Å². The van der Waals surface area contributed by atoms with Gasteiger partial charge in [-0.15, -0.1) is 0 Å². The van der Waals surface area contributed by atoms with Gasteiger partial charge in [-0.05, 0) is 36.8 Å². The monoisotopic (exact) mass is 418 g/mol. The maximum absolute atomic E-state index is 13.9. The predicted octanol–water partition coefficient (Wildman–Crippen LogP) is 2.70. The Bertz CT molecular complexity index is 1230. The zero-order valence-electron chi connectivity index (χ0n) is 16.6. The molecule has 31 heavy (non-hydrogen) atoms. The highest BCUT2D eigenvalue weighted by atomic mass is 19.1. The Morgan fingerprint density at radius 2 is 1.90 bits per heavy atom. The number of hydrogen-bond donors (Lipinski definition) is 2. The van der Waals surface area contributed by atoms with Crippen molar-refractivity contribution in [3.8, 4) is 17.3 Å². The van der Waals surface area contributed by atoms with Gasteiger partial charge in [-0.1, -0.05) is 24.3 Å². The second-order valence-corrected chi connectivity index (χ2v) is 7.40. The summed E-state index contributed by atoms with van der Waals surface area (Å²) in [7, 11) is 0. The molecule has 0 spiro atoms. The molecule has 0 bridgehead atoms. The molecule has 9 heteroatoms. The number of rotatable bonds is 3. The van der Waals surface area contributed by atoms with Crippen molar-refractivity contribution in [1.82, 2.24) is 14.7 Å². The van der Waals surface area contributed by atoms with E-state index in [2.05, 4.69) is 5.10 Å². The molecule has 0 fully saturated rings. The van der Waals surface area contributed by atoms with Crippen LogP contribution >= 0.6 is 0 Å². The molecule has 8 nitrogen and oxygen atoms in total. The Balaban J connectivity index is 2.00. The number of primary amides is 2. The van der Waals surface area contributed by atoms with Crippen molar-refractivity contribution in [2.45, 2.75) is 19.0 Å². The first-order valence-corrected chi connectivity index (χ1v) is 9.56. The molecule has 1 aliphatic heterocycles. The summed E-state index contributed by atoms with van der Waals surface area (Å²) < 4.78 is 15.5. The fraction of sp³-hybridized carbons (Fsp3) is 0.182. The molecule has 2 unspecified atom stereocenters. The first-order chi connectivity index (χ1) is 14.8. The molecule has 2 aromatic carbocycles. The van der Waals surface area contributed by atoms with Crippen molar-refractivity contribution in [2.75, 3.05) is 6.54 Å². The summed E-state index contributed by atoms with van der Waals surface area (Å²) in [5.74, 6) is -1.23. The van der Waals surface area contributed by atoms with Crippen LogP contribution in [0.5, 0.6) is 0 Å². The van der Waals surface area contributed by atoms with Crippen molar-refractivity contribution in [2.24, 2.45) is 11.5 Å². The van der Waals surface area contributed by atoms with Crippen molar-refractivity contribution in [3.05, 3.63) is 76.7 Å². The number of fused-ring (bicyclic) bond motifs is 1. The lowest BCUT2D eigenvalue weighted by Gasteiger charge is -2.38. The third-order valence-electron chi connectivity index (χ3n) is 5.38. The molecule has 1 aliphatic rings. The molecule has 156 valence electrons. The Morgan fingerprint density at radius 1 is 1.19 bits per heavy atom. The molecule has 4 rings (SSSR count). The molecule has 3 amide bonds. The molecule has 0 aliphatic carbocycles. The van der Waals surface area contributed by atoms with Crippen LogP contribution in [-0.4, -0.2) is 33.2 Å². The van der Waals surface area contributed by atoms with Crippen LogP contribution in [0.2, 0.25) is 0 Å². The lowest BCUT2D eigenvalue weighted by Crippen LogP contribution is -2.47. The van der Waals surface area contributed by atoms with E-state index in [1.165, 1.54) is 23.1 Å². The second kappa shape index (κ2) is 7.57. The fourth-order valence-corrected chi connectivity index (χ4v) is 4.04. The standard InChI is InChI=1S/C22H19FN6O2/c1-12-11-28(22(26)31)19(14-7-5-13(10-24)6-8-14)20-17(21(25)30)18(27-29(12)20)15-3-2-4-16(23)9-15/h2-9,12,19H,11H2,1H3,(H2,25,30)(H2,26,31). The van der Waals surface area contributed by atoms with Crippen LogP contribution in [0.25, 0.3) is 11.3 Å². The normalized spacial score (nSPS) is 17.6. The summed E-state index contributed by atoms with van der Waals surface area (Å²) in [6.45, 7) is 2.08. The number of urea groups is 1. The van der Waals surface area contributed by atoms with Gasteiger partial charge in [-0.2, -0.15) is 10.4 Å². The smallest absolute Gasteiger partial charge is 0.315 e. The predicted molar refractivity (Wildman–Crippen MR) is 110 cm³/mol. The van der Waals surface area contributed by atoms with Gasteiger partial charge in [0, 0.05) is 12.1 Å². The largest absolute Gasteiger partial charge is 0.365 e. The number of amides is 3. The number of hydrogen-bond acceptors (Lipinski definition) is 4. The van der Waals surface area contributed by atoms with Crippen molar-refractivity contribution < 1.29 is 14.0 Å². The highest BCUT2D eigenvalue weighted by Crippen LogP contribution is 2.40. The van der Waals surface area contributed by atoms with Crippen LogP contribution in [0, 0.1) is 17.1 Å². The zero-order valence-corrected chi connectivity index (χ0v) is 16.6. The van der Waals surface area contributed by atoms with Gasteiger partial charge >= 0.3 is 6.03 Å². The van der Waals surface area contributed by atoms with Crippen LogP contribution in [0.1, 0.15) is 46.2 Å². The van der Waals surface area contributed by atoms with Crippen LogP contribution < -0.4 is 11.5 Å². The minimum absolute atomic E-state index is 0.0951. The quantitative estimate of drug-likeness (QED) is 0.677. The summed E-state index contributed by atoms with van der Waals surface area (Å²) in [4.78, 5) is 26.3. The number of halogens is 1. The SMILES string of the molecule is CC1CN(C(N)=O)C(c2ccc(C#N)cc2)c2c(C(N)=O)c(-c3cccc(F)c3)nn21. The summed E-state index contributed by atoms with van der Waals surface area (Å²) in [6.07, 6.45) is 0. The van der Waals surface area contributed by atoms with Gasteiger partial charge in [0.15, 0.2) is 0 Å². The lowest BCUT2D eigenvalue weighted by atomic mass is 9.93. The molecule has 1 aromatic heterocycles. The number of carbonyl (C=O) groups excluding carboxylic acids is 2. The second-order valence-electron chi connectivity index (χ2n) is 7.40. The Hall–Kier alpha value is -4.19. The van der Waals surface area contributed by atoms with Crippen molar-refractivity contribution in [3.63, 3.8) is 0 Å². The van der Waals surface area contributed by atoms with E-state index in [0.29, 0.717) is 22.4 Å². The molecule has 4 N–H and O–H groups in total. The fourth-order valence-electron chi connectivity index (χ4n) is 4.04. The number of nitrogens with zero attached hydrogens (tertiary/aromatic N) is 4.